The number of aryl methyl sites for hydroxylation is 1. The van der Waals surface area contributed by atoms with E-state index in [1.54, 1.807) is 0 Å². The zero-order valence-corrected chi connectivity index (χ0v) is 7.12. The molecule has 0 radical (unpaired) electrons. The monoisotopic (exact) mass is 160 g/mol. The van der Waals surface area contributed by atoms with Gasteiger partial charge in [0, 0.05) is 11.6 Å². The van der Waals surface area contributed by atoms with Gasteiger partial charge in [-0.25, -0.2) is 0 Å². The summed E-state index contributed by atoms with van der Waals surface area (Å²) in [6.07, 6.45) is 1.83. The van der Waals surface area contributed by atoms with Crippen LogP contribution >= 0.6 is 0 Å². The maximum absolute atomic E-state index is 4.28. The van der Waals surface area contributed by atoms with Crippen molar-refractivity contribution in [2.24, 2.45) is 0 Å². The molecule has 3 N–H and O–H groups in total. The Balaban J connectivity index is 0.000000720. The second-order valence-corrected chi connectivity index (χ2v) is 2.65. The van der Waals surface area contributed by atoms with Gasteiger partial charge in [0.05, 0.1) is 5.52 Å². The van der Waals surface area contributed by atoms with Gasteiger partial charge in [-0.2, -0.15) is 0 Å². The van der Waals surface area contributed by atoms with E-state index < -0.39 is 0 Å². The topological polar surface area (TPSA) is 47.9 Å². The van der Waals surface area contributed by atoms with Gasteiger partial charge in [0.1, 0.15) is 0 Å². The molecule has 62 valence electrons. The fourth-order valence-corrected chi connectivity index (χ4v) is 1.26. The Labute approximate surface area is 71.8 Å². The molecule has 0 saturated heterocycles. The van der Waals surface area contributed by atoms with Gasteiger partial charge in [-0.3, -0.25) is 4.98 Å². The third-order valence-electron chi connectivity index (χ3n) is 1.83. The molecule has 0 spiro atoms. The van der Waals surface area contributed by atoms with E-state index in [4.69, 9.17) is 0 Å². The van der Waals surface area contributed by atoms with E-state index >= 15 is 0 Å². The molecule has 2 rings (SSSR count). The van der Waals surface area contributed by atoms with E-state index in [0.717, 1.165) is 5.52 Å². The van der Waals surface area contributed by atoms with Crippen molar-refractivity contribution in [1.29, 1.82) is 0 Å². The third-order valence-corrected chi connectivity index (χ3v) is 1.83. The summed E-state index contributed by atoms with van der Waals surface area (Å²) in [5.41, 5.74) is 2.35. The second-order valence-electron chi connectivity index (χ2n) is 2.65. The lowest BCUT2D eigenvalue weighted by molar-refractivity contribution is 1.37. The van der Waals surface area contributed by atoms with Crippen molar-refractivity contribution in [3.63, 3.8) is 0 Å². The average molecular weight is 160 g/mol. The number of hydrogen-bond donors (Lipinski definition) is 1. The number of fused-ring (bicyclic) bond motifs is 1. The van der Waals surface area contributed by atoms with Gasteiger partial charge in [-0.05, 0) is 18.6 Å². The summed E-state index contributed by atoms with van der Waals surface area (Å²) in [6, 6.07) is 10.3. The van der Waals surface area contributed by atoms with Crippen LogP contribution in [-0.4, -0.2) is 4.98 Å². The highest BCUT2D eigenvalue weighted by Crippen LogP contribution is 2.13. The first-order valence-electron chi connectivity index (χ1n) is 3.68. The molecule has 0 aliphatic rings. The first kappa shape index (κ1) is 8.68. The Morgan fingerprint density at radius 2 is 1.83 bits per heavy atom. The van der Waals surface area contributed by atoms with Crippen LogP contribution in [0, 0.1) is 6.92 Å². The van der Waals surface area contributed by atoms with E-state index in [2.05, 4.69) is 36.2 Å². The van der Waals surface area contributed by atoms with Crippen molar-refractivity contribution in [3.05, 3.63) is 42.1 Å². The van der Waals surface area contributed by atoms with Crippen molar-refractivity contribution in [2.75, 3.05) is 0 Å². The lowest BCUT2D eigenvalue weighted by atomic mass is 10.1. The zero-order valence-electron chi connectivity index (χ0n) is 7.12. The number of hydrogen-bond acceptors (Lipinski definition) is 2. The molecule has 0 aliphatic heterocycles. The van der Waals surface area contributed by atoms with Gasteiger partial charge in [-0.15, -0.1) is 0 Å². The van der Waals surface area contributed by atoms with Gasteiger partial charge in [0.15, 0.2) is 0 Å². The molecule has 0 unspecified atom stereocenters. The highest BCUT2D eigenvalue weighted by atomic mass is 14.6. The summed E-state index contributed by atoms with van der Waals surface area (Å²) in [4.78, 5) is 4.28. The molecule has 1 heterocycles. The van der Waals surface area contributed by atoms with E-state index in [1.165, 1.54) is 10.9 Å². The molecule has 1 aromatic carbocycles. The van der Waals surface area contributed by atoms with Crippen LogP contribution in [0.5, 0.6) is 0 Å². The van der Waals surface area contributed by atoms with E-state index in [0.29, 0.717) is 0 Å². The highest BCUT2D eigenvalue weighted by Gasteiger charge is 1.93. The minimum Gasteiger partial charge on any atom is -0.344 e. The largest absolute Gasteiger partial charge is 0.344 e. The minimum absolute atomic E-state index is 0. The van der Waals surface area contributed by atoms with Crippen LogP contribution in [0.1, 0.15) is 5.56 Å². The predicted molar refractivity (Wildman–Crippen MR) is 51.5 cm³/mol. The summed E-state index contributed by atoms with van der Waals surface area (Å²) in [5, 5.41) is 1.22. The van der Waals surface area contributed by atoms with Crippen molar-refractivity contribution in [3.8, 4) is 0 Å². The van der Waals surface area contributed by atoms with Crippen LogP contribution in [0.4, 0.5) is 0 Å². The quantitative estimate of drug-likeness (QED) is 0.644. The number of nitrogens with zero attached hydrogens (tertiary/aromatic N) is 1. The van der Waals surface area contributed by atoms with Gasteiger partial charge in [0.2, 0.25) is 0 Å². The second kappa shape index (κ2) is 3.32. The fourth-order valence-electron chi connectivity index (χ4n) is 1.26. The first-order chi connectivity index (χ1) is 5.38. The summed E-state index contributed by atoms with van der Waals surface area (Å²) in [6.45, 7) is 2.08. The van der Waals surface area contributed by atoms with E-state index in [1.807, 2.05) is 12.3 Å². The van der Waals surface area contributed by atoms with Crippen molar-refractivity contribution >= 4 is 10.9 Å². The molecule has 0 aliphatic carbocycles. The minimum atomic E-state index is 0. The standard InChI is InChI=1S/C10H9N.H3N/c1-8-4-2-5-9-6-3-7-11-10(8)9;/h2-7H,1H3;1H3. The van der Waals surface area contributed by atoms with Crippen LogP contribution in [0.15, 0.2) is 36.5 Å². The predicted octanol–water partition coefficient (Wildman–Crippen LogP) is 2.71. The smallest absolute Gasteiger partial charge is 0.0731 e. The van der Waals surface area contributed by atoms with Crippen LogP contribution in [0.3, 0.4) is 0 Å². The SMILES string of the molecule is Cc1cccc2cccnc12.N. The molecule has 2 heteroatoms. The summed E-state index contributed by atoms with van der Waals surface area (Å²) in [5.74, 6) is 0. The van der Waals surface area contributed by atoms with Gasteiger partial charge in [0.25, 0.3) is 0 Å². The van der Waals surface area contributed by atoms with Crippen molar-refractivity contribution in [1.82, 2.24) is 11.1 Å². The first-order valence-corrected chi connectivity index (χ1v) is 3.68. The lowest BCUT2D eigenvalue weighted by Crippen LogP contribution is -1.80. The molecular formula is C10H12N2. The lowest BCUT2D eigenvalue weighted by Gasteiger charge is -1.97. The highest BCUT2D eigenvalue weighted by molar-refractivity contribution is 5.81. The molecule has 0 saturated carbocycles. The maximum Gasteiger partial charge on any atom is 0.0731 e. The molecule has 2 nitrogen and oxygen atoms in total. The maximum atomic E-state index is 4.28. The fraction of sp³-hybridized carbons (Fsp3) is 0.100. The Morgan fingerprint density at radius 1 is 1.08 bits per heavy atom. The normalized spacial score (nSPS) is 9.42. The molecule has 2 aromatic rings. The summed E-state index contributed by atoms with van der Waals surface area (Å²) >= 11 is 0. The Hall–Kier alpha value is -1.41. The van der Waals surface area contributed by atoms with Crippen molar-refractivity contribution < 1.29 is 0 Å². The van der Waals surface area contributed by atoms with Crippen molar-refractivity contribution in [2.45, 2.75) is 6.92 Å². The molecule has 1 aromatic heterocycles. The van der Waals surface area contributed by atoms with Crippen LogP contribution in [0.2, 0.25) is 0 Å². The van der Waals surface area contributed by atoms with Gasteiger partial charge >= 0.3 is 0 Å². The van der Waals surface area contributed by atoms with E-state index in [-0.39, 0.29) is 6.15 Å². The molecule has 0 fully saturated rings. The van der Waals surface area contributed by atoms with Gasteiger partial charge < -0.3 is 6.15 Å². The van der Waals surface area contributed by atoms with Crippen LogP contribution in [0.25, 0.3) is 10.9 Å². The number of aromatic nitrogens is 1. The zero-order chi connectivity index (χ0) is 7.68. The van der Waals surface area contributed by atoms with E-state index in [9.17, 15) is 0 Å². The Bertz CT molecular complexity index is 377. The molecule has 0 bridgehead atoms. The Morgan fingerprint density at radius 3 is 2.58 bits per heavy atom. The molecule has 0 atom stereocenters. The third kappa shape index (κ3) is 1.29. The van der Waals surface area contributed by atoms with Crippen LogP contribution in [-0.2, 0) is 0 Å². The molecule has 0 amide bonds. The average Bonchev–Trinajstić information content (AvgIpc) is 2.06. The summed E-state index contributed by atoms with van der Waals surface area (Å²) < 4.78 is 0. The van der Waals surface area contributed by atoms with Gasteiger partial charge in [-0.1, -0.05) is 24.3 Å². The number of benzene rings is 1. The number of para-hydroxylation sites is 1. The number of pyridine rings is 1. The molecular weight excluding hydrogens is 148 g/mol. The summed E-state index contributed by atoms with van der Waals surface area (Å²) in [7, 11) is 0. The molecule has 12 heavy (non-hydrogen) atoms. The van der Waals surface area contributed by atoms with Crippen LogP contribution < -0.4 is 6.15 Å². The Kier molecular flexibility index (Phi) is 2.41. The number of rotatable bonds is 0.